The number of nitrogens with zero attached hydrogens (tertiary/aromatic N) is 3. The number of esters is 1. The van der Waals surface area contributed by atoms with Gasteiger partial charge in [-0.1, -0.05) is 0 Å². The third-order valence-corrected chi connectivity index (χ3v) is 3.72. The predicted octanol–water partition coefficient (Wildman–Crippen LogP) is -0.428. The highest BCUT2D eigenvalue weighted by Gasteiger charge is 2.19. The lowest BCUT2D eigenvalue weighted by Crippen LogP contribution is -2.34. The van der Waals surface area contributed by atoms with Crippen molar-refractivity contribution in [2.75, 3.05) is 25.4 Å². The first kappa shape index (κ1) is 14.5. The maximum Gasteiger partial charge on any atom is 0.306 e. The van der Waals surface area contributed by atoms with E-state index in [1.165, 1.54) is 31.2 Å². The highest BCUT2D eigenvalue weighted by molar-refractivity contribution is 7.90. The zero-order valence-electron chi connectivity index (χ0n) is 10.5. The lowest BCUT2D eigenvalue weighted by Gasteiger charge is -2.16. The summed E-state index contributed by atoms with van der Waals surface area (Å²) >= 11 is 0. The number of carbonyl (C=O) groups is 1. The minimum absolute atomic E-state index is 0.000942. The molecule has 0 aliphatic heterocycles. The maximum absolute atomic E-state index is 11.8. The number of hydrogen-bond donors (Lipinski definition) is 1. The number of methoxy groups -OCH3 is 1. The zero-order valence-corrected chi connectivity index (χ0v) is 11.3. The molecular weight excluding hydrogens is 260 g/mol. The number of aromatic nitrogens is 2. The van der Waals surface area contributed by atoms with Gasteiger partial charge in [-0.15, -0.1) is 0 Å². The minimum atomic E-state index is -3.68. The number of carbonyl (C=O) groups excluding carboxylic acids is 1. The monoisotopic (exact) mass is 276 g/mol. The lowest BCUT2D eigenvalue weighted by atomic mass is 10.4. The molecule has 9 heteroatoms. The molecule has 0 spiro atoms. The van der Waals surface area contributed by atoms with Crippen LogP contribution in [0, 0.1) is 0 Å². The molecule has 0 fully saturated rings. The van der Waals surface area contributed by atoms with Crippen molar-refractivity contribution in [3.8, 4) is 0 Å². The Bertz CT molecular complexity index is 510. The van der Waals surface area contributed by atoms with Crippen LogP contribution in [0.2, 0.25) is 0 Å². The van der Waals surface area contributed by atoms with Crippen molar-refractivity contribution in [1.82, 2.24) is 14.1 Å². The van der Waals surface area contributed by atoms with Crippen LogP contribution in [0.15, 0.2) is 12.4 Å². The summed E-state index contributed by atoms with van der Waals surface area (Å²) in [4.78, 5) is 10.9. The van der Waals surface area contributed by atoms with E-state index in [0.717, 1.165) is 4.31 Å². The van der Waals surface area contributed by atoms with E-state index in [1.807, 2.05) is 0 Å². The van der Waals surface area contributed by atoms with Crippen molar-refractivity contribution in [2.24, 2.45) is 7.05 Å². The molecule has 1 rings (SSSR count). The highest BCUT2D eigenvalue weighted by Crippen LogP contribution is 2.09. The Morgan fingerprint density at radius 2 is 2.28 bits per heavy atom. The van der Waals surface area contributed by atoms with Gasteiger partial charge < -0.3 is 4.74 Å². The number of ether oxygens (including phenoxy) is 1. The minimum Gasteiger partial charge on any atom is -0.469 e. The van der Waals surface area contributed by atoms with Gasteiger partial charge in [-0.05, 0) is 0 Å². The van der Waals surface area contributed by atoms with Crippen LogP contribution in [0.4, 0.5) is 5.69 Å². The quantitative estimate of drug-likeness (QED) is 0.712. The van der Waals surface area contributed by atoms with Gasteiger partial charge in [0.25, 0.3) is 0 Å². The van der Waals surface area contributed by atoms with Crippen molar-refractivity contribution in [1.29, 1.82) is 0 Å². The molecule has 1 heterocycles. The third-order valence-electron chi connectivity index (χ3n) is 2.22. The summed E-state index contributed by atoms with van der Waals surface area (Å²) < 4.78 is 33.0. The number of rotatable bonds is 6. The normalized spacial score (nSPS) is 11.6. The van der Waals surface area contributed by atoms with Crippen LogP contribution in [0.1, 0.15) is 6.42 Å². The fraction of sp³-hybridized carbons (Fsp3) is 0.556. The van der Waals surface area contributed by atoms with Gasteiger partial charge >= 0.3 is 16.2 Å². The van der Waals surface area contributed by atoms with Crippen LogP contribution in [-0.2, 0) is 26.8 Å². The van der Waals surface area contributed by atoms with Gasteiger partial charge in [0.05, 0.1) is 25.4 Å². The third kappa shape index (κ3) is 4.00. The van der Waals surface area contributed by atoms with E-state index in [0.29, 0.717) is 5.69 Å². The molecule has 18 heavy (non-hydrogen) atoms. The van der Waals surface area contributed by atoms with E-state index in [9.17, 15) is 13.2 Å². The van der Waals surface area contributed by atoms with Gasteiger partial charge in [-0.3, -0.25) is 14.2 Å². The Morgan fingerprint density at radius 1 is 1.61 bits per heavy atom. The van der Waals surface area contributed by atoms with Crippen molar-refractivity contribution < 1.29 is 17.9 Å². The van der Waals surface area contributed by atoms with Crippen molar-refractivity contribution in [3.63, 3.8) is 0 Å². The van der Waals surface area contributed by atoms with Crippen LogP contribution in [0.3, 0.4) is 0 Å². The smallest absolute Gasteiger partial charge is 0.306 e. The predicted molar refractivity (Wildman–Crippen MR) is 65.0 cm³/mol. The average molecular weight is 276 g/mol. The molecule has 0 aliphatic carbocycles. The SMILES string of the molecule is COC(=O)CCN(C)S(=O)(=O)Nc1cnn(C)c1. The first-order valence-electron chi connectivity index (χ1n) is 5.14. The van der Waals surface area contributed by atoms with Gasteiger partial charge in [-0.2, -0.15) is 17.8 Å². The summed E-state index contributed by atoms with van der Waals surface area (Å²) in [5.74, 6) is -0.460. The van der Waals surface area contributed by atoms with Crippen LogP contribution < -0.4 is 4.72 Å². The second-order valence-electron chi connectivity index (χ2n) is 3.66. The Kier molecular flexibility index (Phi) is 4.68. The van der Waals surface area contributed by atoms with E-state index in [4.69, 9.17) is 0 Å². The number of aryl methyl sites for hydroxylation is 1. The van der Waals surface area contributed by atoms with Crippen LogP contribution in [0.25, 0.3) is 0 Å². The lowest BCUT2D eigenvalue weighted by molar-refractivity contribution is -0.140. The molecule has 0 saturated carbocycles. The van der Waals surface area contributed by atoms with E-state index < -0.39 is 16.2 Å². The van der Waals surface area contributed by atoms with E-state index in [2.05, 4.69) is 14.6 Å². The Balaban J connectivity index is 2.60. The summed E-state index contributed by atoms with van der Waals surface area (Å²) in [7, 11) is 0.629. The van der Waals surface area contributed by atoms with Crippen LogP contribution >= 0.6 is 0 Å². The maximum atomic E-state index is 11.8. The van der Waals surface area contributed by atoms with Crippen molar-refractivity contribution in [2.45, 2.75) is 6.42 Å². The molecule has 0 aromatic carbocycles. The Morgan fingerprint density at radius 3 is 2.78 bits per heavy atom. The van der Waals surface area contributed by atoms with Gasteiger partial charge in [-0.25, -0.2) is 0 Å². The molecule has 0 saturated heterocycles. The molecule has 0 bridgehead atoms. The fourth-order valence-corrected chi connectivity index (χ4v) is 2.06. The summed E-state index contributed by atoms with van der Waals surface area (Å²) in [6.45, 7) is 0.0439. The molecule has 8 nitrogen and oxygen atoms in total. The molecule has 0 amide bonds. The summed E-state index contributed by atoms with van der Waals surface area (Å²) in [6.07, 6.45) is 2.93. The van der Waals surface area contributed by atoms with Crippen LogP contribution in [-0.4, -0.2) is 49.2 Å². The van der Waals surface area contributed by atoms with E-state index in [-0.39, 0.29) is 13.0 Å². The zero-order chi connectivity index (χ0) is 13.8. The number of nitrogens with one attached hydrogen (secondary N) is 1. The fourth-order valence-electron chi connectivity index (χ4n) is 1.17. The summed E-state index contributed by atoms with van der Waals surface area (Å²) in [5.41, 5.74) is 0.363. The standard InChI is InChI=1S/C9H16N4O4S/c1-12-7-8(6-10-12)11-18(15,16)13(2)5-4-9(14)17-3/h6-7,11H,4-5H2,1-3H3. The molecule has 1 N–H and O–H groups in total. The topological polar surface area (TPSA) is 93.5 Å². The highest BCUT2D eigenvalue weighted by atomic mass is 32.2. The molecule has 0 unspecified atom stereocenters. The van der Waals surface area contributed by atoms with Crippen molar-refractivity contribution in [3.05, 3.63) is 12.4 Å². The Labute approximate surface area is 106 Å². The van der Waals surface area contributed by atoms with Gasteiger partial charge in [0.15, 0.2) is 0 Å². The largest absolute Gasteiger partial charge is 0.469 e. The van der Waals surface area contributed by atoms with Crippen LogP contribution in [0.5, 0.6) is 0 Å². The molecular formula is C9H16N4O4S. The molecule has 0 radical (unpaired) electrons. The number of hydrogen-bond acceptors (Lipinski definition) is 5. The van der Waals surface area contributed by atoms with E-state index in [1.54, 1.807) is 7.05 Å². The first-order chi connectivity index (χ1) is 8.35. The molecule has 1 aromatic heterocycles. The van der Waals surface area contributed by atoms with Gasteiger partial charge in [0.2, 0.25) is 0 Å². The second-order valence-corrected chi connectivity index (χ2v) is 5.44. The number of anilines is 1. The molecule has 0 atom stereocenters. The summed E-state index contributed by atoms with van der Waals surface area (Å²) in [5, 5.41) is 3.84. The van der Waals surface area contributed by atoms with Gasteiger partial charge in [0, 0.05) is 26.8 Å². The average Bonchev–Trinajstić information content (AvgIpc) is 2.70. The van der Waals surface area contributed by atoms with E-state index >= 15 is 0 Å². The van der Waals surface area contributed by atoms with Crippen molar-refractivity contribution >= 4 is 21.9 Å². The Hall–Kier alpha value is -1.61. The molecule has 1 aromatic rings. The van der Waals surface area contributed by atoms with Gasteiger partial charge in [0.1, 0.15) is 0 Å². The molecule has 0 aliphatic rings. The second kappa shape index (κ2) is 5.83. The molecule has 102 valence electrons. The first-order valence-corrected chi connectivity index (χ1v) is 6.58. The summed E-state index contributed by atoms with van der Waals surface area (Å²) in [6, 6.07) is 0.